The third kappa shape index (κ3) is 11.8. The van der Waals surface area contributed by atoms with Gasteiger partial charge in [-0.3, -0.25) is 9.59 Å². The molecule has 15 heteroatoms. The minimum Gasteiger partial charge on any atom is -0.424 e. The number of hydrogen-bond donors (Lipinski definition) is 1. The number of tetrazole rings is 1. The Labute approximate surface area is 287 Å². The maximum atomic E-state index is 13.7. The molecule has 1 atom stereocenters. The fourth-order valence-corrected chi connectivity index (χ4v) is 5.23. The fourth-order valence-electron chi connectivity index (χ4n) is 5.23. The summed E-state index contributed by atoms with van der Waals surface area (Å²) in [5.41, 5.74) is 3.37. The quantitative estimate of drug-likeness (QED) is 0.0961. The lowest BCUT2D eigenvalue weighted by molar-refractivity contribution is -0.757. The first-order valence-electron chi connectivity index (χ1n) is 16.7. The van der Waals surface area contributed by atoms with Gasteiger partial charge in [0, 0.05) is 38.7 Å². The Morgan fingerprint density at radius 3 is 2.37 bits per heavy atom. The van der Waals surface area contributed by atoms with Crippen LogP contribution in [0.2, 0.25) is 0 Å². The summed E-state index contributed by atoms with van der Waals surface area (Å²) in [5.74, 6) is -0.0376. The smallest absolute Gasteiger partial charge is 0.408 e. The number of nitrogens with zero attached hydrogens (tertiary/aromatic N) is 7. The second-order valence-corrected chi connectivity index (χ2v) is 12.1. The van der Waals surface area contributed by atoms with E-state index in [-0.39, 0.29) is 37.6 Å². The molecule has 0 saturated carbocycles. The molecule has 3 aromatic rings. The van der Waals surface area contributed by atoms with Crippen molar-refractivity contribution in [2.24, 2.45) is 5.92 Å². The van der Waals surface area contributed by atoms with Gasteiger partial charge in [0.1, 0.15) is 6.04 Å². The largest absolute Gasteiger partial charge is 0.424 e. The summed E-state index contributed by atoms with van der Waals surface area (Å²) in [7, 11) is 1.69. The molecule has 0 spiro atoms. The lowest BCUT2D eigenvalue weighted by atomic mass is 9.97. The van der Waals surface area contributed by atoms with Crippen molar-refractivity contribution in [3.8, 4) is 22.5 Å². The number of nitrogens with one attached hydrogen (secondary N) is 1. The molecule has 0 aliphatic heterocycles. The molecule has 3 rings (SSSR count). The van der Waals surface area contributed by atoms with Gasteiger partial charge < -0.3 is 24.7 Å². The van der Waals surface area contributed by atoms with Gasteiger partial charge in [0.2, 0.25) is 24.4 Å². The van der Waals surface area contributed by atoms with Crippen LogP contribution in [0.1, 0.15) is 71.8 Å². The molecule has 1 unspecified atom stereocenters. The van der Waals surface area contributed by atoms with E-state index in [1.807, 2.05) is 76.2 Å². The van der Waals surface area contributed by atoms with E-state index in [1.54, 1.807) is 16.8 Å². The van der Waals surface area contributed by atoms with Crippen molar-refractivity contribution in [1.82, 2.24) is 35.3 Å². The Morgan fingerprint density at radius 1 is 1.00 bits per heavy atom. The third-order valence-electron chi connectivity index (χ3n) is 7.81. The van der Waals surface area contributed by atoms with E-state index in [0.29, 0.717) is 44.6 Å². The molecule has 2 aromatic carbocycles. The average molecular weight is 681 g/mol. The number of aromatic nitrogens is 4. The van der Waals surface area contributed by atoms with Crippen LogP contribution in [-0.4, -0.2) is 85.8 Å². The second kappa shape index (κ2) is 19.7. The molecule has 0 aliphatic carbocycles. The first-order valence-corrected chi connectivity index (χ1v) is 16.7. The Balaban J connectivity index is 1.78. The number of alkyl carbamates (subject to hydrolysis) is 1. The zero-order valence-corrected chi connectivity index (χ0v) is 29.0. The molecule has 1 N–H and O–H groups in total. The number of benzene rings is 2. The first-order chi connectivity index (χ1) is 23.5. The predicted octanol–water partition coefficient (Wildman–Crippen LogP) is 5.09. The SMILES string of the molecule is CCCCC(=O)N(Cc1ccc(-c2ccccc2-c2nnn(COC(=O)NCCC)n2)cc1)C(C(=O)N(C)CCCCO[N+](=O)[O-])C(C)C. The van der Waals surface area contributed by atoms with Gasteiger partial charge in [0.25, 0.3) is 5.09 Å². The molecule has 49 heavy (non-hydrogen) atoms. The van der Waals surface area contributed by atoms with Crippen LogP contribution in [0.3, 0.4) is 0 Å². The highest BCUT2D eigenvalue weighted by Crippen LogP contribution is 2.30. The maximum absolute atomic E-state index is 13.7. The van der Waals surface area contributed by atoms with Crippen molar-refractivity contribution < 1.29 is 29.0 Å². The molecule has 3 amide bonds. The summed E-state index contributed by atoms with van der Waals surface area (Å²) in [4.78, 5) is 58.4. The van der Waals surface area contributed by atoms with Crippen LogP contribution in [0.4, 0.5) is 4.79 Å². The van der Waals surface area contributed by atoms with Gasteiger partial charge in [0.15, 0.2) is 0 Å². The van der Waals surface area contributed by atoms with Crippen LogP contribution in [-0.2, 0) is 32.4 Å². The zero-order valence-electron chi connectivity index (χ0n) is 29.0. The molecule has 0 bridgehead atoms. The number of hydrogen-bond acceptors (Lipinski definition) is 10. The topological polar surface area (TPSA) is 175 Å². The van der Waals surface area contributed by atoms with Crippen LogP contribution in [0, 0.1) is 16.0 Å². The number of ether oxygens (including phenoxy) is 1. The summed E-state index contributed by atoms with van der Waals surface area (Å²) in [6.07, 6.45) is 3.10. The average Bonchev–Trinajstić information content (AvgIpc) is 3.57. The highest BCUT2D eigenvalue weighted by molar-refractivity contribution is 5.88. The van der Waals surface area contributed by atoms with Crippen molar-refractivity contribution in [2.75, 3.05) is 26.7 Å². The highest BCUT2D eigenvalue weighted by atomic mass is 16.9. The fraction of sp³-hybridized carbons (Fsp3) is 0.529. The molecule has 0 radical (unpaired) electrons. The van der Waals surface area contributed by atoms with Gasteiger partial charge in [-0.05, 0) is 53.5 Å². The van der Waals surface area contributed by atoms with E-state index in [4.69, 9.17) is 4.74 Å². The molecule has 0 aliphatic rings. The number of likely N-dealkylation sites (N-methyl/N-ethyl adjacent to an activating group) is 1. The molecule has 15 nitrogen and oxygen atoms in total. The Bertz CT molecular complexity index is 1510. The van der Waals surface area contributed by atoms with E-state index in [0.717, 1.165) is 35.1 Å². The van der Waals surface area contributed by atoms with Crippen molar-refractivity contribution in [3.05, 3.63) is 64.2 Å². The monoisotopic (exact) mass is 680 g/mol. The van der Waals surface area contributed by atoms with Crippen molar-refractivity contribution in [3.63, 3.8) is 0 Å². The minimum atomic E-state index is -0.825. The van der Waals surface area contributed by atoms with Gasteiger partial charge in [-0.15, -0.1) is 25.1 Å². The van der Waals surface area contributed by atoms with Crippen LogP contribution in [0.5, 0.6) is 0 Å². The number of carbonyl (C=O) groups is 3. The minimum absolute atomic E-state index is 0.0321. The molecule has 0 saturated heterocycles. The molecule has 266 valence electrons. The van der Waals surface area contributed by atoms with E-state index in [9.17, 15) is 24.5 Å². The van der Waals surface area contributed by atoms with E-state index >= 15 is 0 Å². The Hall–Kier alpha value is -5.08. The Morgan fingerprint density at radius 2 is 1.71 bits per heavy atom. The van der Waals surface area contributed by atoms with Crippen LogP contribution in [0.15, 0.2) is 48.5 Å². The van der Waals surface area contributed by atoms with Crippen molar-refractivity contribution >= 4 is 17.9 Å². The molecule has 0 fully saturated rings. The van der Waals surface area contributed by atoms with Crippen LogP contribution >= 0.6 is 0 Å². The van der Waals surface area contributed by atoms with Gasteiger partial charge in [-0.1, -0.05) is 82.6 Å². The Kier molecular flexibility index (Phi) is 15.4. The molecular formula is C34H48N8O7. The van der Waals surface area contributed by atoms with Gasteiger partial charge in [0.05, 0.1) is 6.61 Å². The first kappa shape index (κ1) is 38.4. The number of rotatable bonds is 20. The highest BCUT2D eigenvalue weighted by Gasteiger charge is 2.34. The second-order valence-electron chi connectivity index (χ2n) is 12.1. The predicted molar refractivity (Wildman–Crippen MR) is 182 cm³/mol. The summed E-state index contributed by atoms with van der Waals surface area (Å²) >= 11 is 0. The summed E-state index contributed by atoms with van der Waals surface area (Å²) in [5, 5.41) is 24.8. The summed E-state index contributed by atoms with van der Waals surface area (Å²) < 4.78 is 5.14. The number of unbranched alkanes of at least 4 members (excludes halogenated alkanes) is 2. The molecular weight excluding hydrogens is 632 g/mol. The van der Waals surface area contributed by atoms with Gasteiger partial charge >= 0.3 is 6.09 Å². The molecule has 1 aromatic heterocycles. The maximum Gasteiger partial charge on any atom is 0.408 e. The summed E-state index contributed by atoms with van der Waals surface area (Å²) in [6, 6.07) is 14.8. The van der Waals surface area contributed by atoms with Crippen molar-refractivity contribution in [2.45, 2.75) is 85.5 Å². The van der Waals surface area contributed by atoms with Gasteiger partial charge in [-0.25, -0.2) is 4.79 Å². The lowest BCUT2D eigenvalue weighted by Crippen LogP contribution is -2.52. The van der Waals surface area contributed by atoms with Crippen molar-refractivity contribution in [1.29, 1.82) is 0 Å². The zero-order chi connectivity index (χ0) is 35.8. The van der Waals surface area contributed by atoms with E-state index in [2.05, 4.69) is 25.6 Å². The van der Waals surface area contributed by atoms with Crippen LogP contribution in [0.25, 0.3) is 22.5 Å². The summed E-state index contributed by atoms with van der Waals surface area (Å²) in [6.45, 7) is 8.76. The van der Waals surface area contributed by atoms with E-state index in [1.165, 1.54) is 4.80 Å². The lowest BCUT2D eigenvalue weighted by Gasteiger charge is -2.36. The molecule has 1 heterocycles. The van der Waals surface area contributed by atoms with Crippen LogP contribution < -0.4 is 5.32 Å². The van der Waals surface area contributed by atoms with E-state index < -0.39 is 17.2 Å². The normalized spacial score (nSPS) is 11.6. The standard InChI is InChI=1S/C34H48N8O7/c1-6-8-15-30(43)40(31(25(3)4)33(44)39(5)21-11-12-22-49-42(46)47)23-26-16-18-27(19-17-26)28-13-9-10-14-29(28)32-36-38-41(37-32)24-48-34(45)35-20-7-2/h9-10,13-14,16-19,25,31H,6-8,11-12,15,20-24H2,1-5H3,(H,35,45). The van der Waals surface area contributed by atoms with Gasteiger partial charge in [-0.2, -0.15) is 0 Å². The third-order valence-corrected chi connectivity index (χ3v) is 7.81. The number of amides is 3. The number of carbonyl (C=O) groups excluding carboxylic acids is 3.